The van der Waals surface area contributed by atoms with Crippen LogP contribution >= 0.6 is 0 Å². The van der Waals surface area contributed by atoms with Crippen molar-refractivity contribution in [2.75, 3.05) is 0 Å². The third kappa shape index (κ3) is 4.67. The number of aromatic nitrogens is 2. The number of hydrogen-bond donors (Lipinski definition) is 0. The summed E-state index contributed by atoms with van der Waals surface area (Å²) < 4.78 is 55.3. The van der Waals surface area contributed by atoms with E-state index < -0.39 is 12.1 Å². The summed E-state index contributed by atoms with van der Waals surface area (Å²) in [4.78, 5) is 8.87. The zero-order valence-electron chi connectivity index (χ0n) is 22.1. The number of aryl methyl sites for hydroxylation is 3. The second kappa shape index (κ2) is 9.26. The van der Waals surface area contributed by atoms with Crippen LogP contribution in [-0.2, 0) is 0 Å². The van der Waals surface area contributed by atoms with Crippen molar-refractivity contribution in [2.45, 2.75) is 52.6 Å². The number of oxazole rings is 2. The molecule has 0 aliphatic heterocycles. The molecule has 0 radical (unpaired) electrons. The van der Waals surface area contributed by atoms with Gasteiger partial charge in [-0.05, 0) is 91.3 Å². The van der Waals surface area contributed by atoms with Crippen molar-refractivity contribution in [1.29, 1.82) is 0 Å². The van der Waals surface area contributed by atoms with Crippen LogP contribution in [0.3, 0.4) is 0 Å². The number of nitrogens with zero attached hydrogens (tertiary/aromatic N) is 2. The molecule has 4 nitrogen and oxygen atoms in total. The van der Waals surface area contributed by atoms with Crippen LogP contribution in [0.1, 0.15) is 59.4 Å². The fourth-order valence-electron chi connectivity index (χ4n) is 5.40. The largest absolute Gasteiger partial charge is 0.441 e. The van der Waals surface area contributed by atoms with Gasteiger partial charge in [0.1, 0.15) is 17.0 Å². The van der Waals surface area contributed by atoms with E-state index in [-0.39, 0.29) is 11.1 Å². The average Bonchev–Trinajstić information content (AvgIpc) is 3.48. The van der Waals surface area contributed by atoms with E-state index in [4.69, 9.17) is 8.83 Å². The second-order valence-corrected chi connectivity index (χ2v) is 10.4. The van der Waals surface area contributed by atoms with Crippen LogP contribution in [0.15, 0.2) is 75.1 Å². The molecule has 2 heterocycles. The first-order chi connectivity index (χ1) is 18.6. The van der Waals surface area contributed by atoms with Crippen LogP contribution in [-0.4, -0.2) is 16.1 Å². The van der Waals surface area contributed by atoms with Crippen LogP contribution < -0.4 is 0 Å². The number of benzene rings is 3. The maximum absolute atomic E-state index is 14.5. The van der Waals surface area contributed by atoms with Crippen molar-refractivity contribution in [3.63, 3.8) is 0 Å². The molecule has 198 valence electrons. The zero-order chi connectivity index (χ0) is 27.5. The van der Waals surface area contributed by atoms with Crippen molar-refractivity contribution >= 4 is 27.8 Å². The molecule has 0 saturated heterocycles. The van der Waals surface area contributed by atoms with E-state index >= 15 is 0 Å². The van der Waals surface area contributed by atoms with Gasteiger partial charge >= 0.3 is 6.18 Å². The van der Waals surface area contributed by atoms with Gasteiger partial charge in [0.2, 0.25) is 5.89 Å². The summed E-state index contributed by atoms with van der Waals surface area (Å²) in [5.74, 6) is -1.05. The highest BCUT2D eigenvalue weighted by Crippen LogP contribution is 2.43. The molecule has 7 heteroatoms. The van der Waals surface area contributed by atoms with E-state index in [1.165, 1.54) is 35.4 Å². The van der Waals surface area contributed by atoms with Crippen LogP contribution in [0, 0.1) is 20.8 Å². The molecule has 1 unspecified atom stereocenters. The Morgan fingerprint density at radius 2 is 1.31 bits per heavy atom. The van der Waals surface area contributed by atoms with Crippen molar-refractivity contribution in [2.24, 2.45) is 0 Å². The van der Waals surface area contributed by atoms with E-state index in [2.05, 4.69) is 29.0 Å². The monoisotopic (exact) mass is 528 g/mol. The number of halogens is 3. The number of fused-ring (bicyclic) bond motifs is 2. The first-order valence-corrected chi connectivity index (χ1v) is 12.9. The lowest BCUT2D eigenvalue weighted by atomic mass is 9.88. The van der Waals surface area contributed by atoms with Crippen molar-refractivity contribution in [3.05, 3.63) is 100.0 Å². The molecule has 1 aliphatic rings. The lowest BCUT2D eigenvalue weighted by Gasteiger charge is -2.22. The van der Waals surface area contributed by atoms with Crippen LogP contribution in [0.2, 0.25) is 0 Å². The highest BCUT2D eigenvalue weighted by atomic mass is 19.4. The molecular weight excluding hydrogens is 501 g/mol. The predicted octanol–water partition coefficient (Wildman–Crippen LogP) is 9.38. The average molecular weight is 529 g/mol. The molecule has 39 heavy (non-hydrogen) atoms. The van der Waals surface area contributed by atoms with E-state index in [1.54, 1.807) is 20.8 Å². The van der Waals surface area contributed by atoms with Gasteiger partial charge in [0.15, 0.2) is 17.1 Å². The van der Waals surface area contributed by atoms with Gasteiger partial charge in [-0.15, -0.1) is 0 Å². The normalized spacial score (nSPS) is 15.1. The quantitative estimate of drug-likeness (QED) is 0.233. The van der Waals surface area contributed by atoms with E-state index in [0.29, 0.717) is 45.1 Å². The molecule has 5 aromatic rings. The fourth-order valence-corrected chi connectivity index (χ4v) is 5.40. The van der Waals surface area contributed by atoms with Gasteiger partial charge in [-0.3, -0.25) is 0 Å². The number of rotatable bonds is 4. The molecular formula is C32H27F3N2O2. The molecule has 3 aromatic carbocycles. The standard InChI is InChI=1S/C32H27F3N2O2/c1-17-5-7-21(8-6-17)22-9-11-23(12-10-22)31-37-27-16-25(14-19(3)30(27)39-31)28(32(33,34)35)24-13-18(2)29-26(15-24)36-20(4)38-29/h5,7,9-16,28H,6,8H2,1-4H3. The van der Waals surface area contributed by atoms with Gasteiger partial charge in [0.05, 0.1) is 0 Å². The minimum absolute atomic E-state index is 0.106. The van der Waals surface area contributed by atoms with Gasteiger partial charge < -0.3 is 8.83 Å². The van der Waals surface area contributed by atoms with E-state index in [9.17, 15) is 13.2 Å². The van der Waals surface area contributed by atoms with Gasteiger partial charge in [0, 0.05) is 12.5 Å². The van der Waals surface area contributed by atoms with Crippen LogP contribution in [0.5, 0.6) is 0 Å². The van der Waals surface area contributed by atoms with Crippen molar-refractivity contribution in [3.8, 4) is 11.5 Å². The van der Waals surface area contributed by atoms with Crippen LogP contribution in [0.4, 0.5) is 13.2 Å². The summed E-state index contributed by atoms with van der Waals surface area (Å²) >= 11 is 0. The molecule has 0 fully saturated rings. The third-order valence-corrected chi connectivity index (χ3v) is 7.36. The Labute approximate surface area is 223 Å². The lowest BCUT2D eigenvalue weighted by molar-refractivity contribution is -0.141. The number of allylic oxidation sites excluding steroid dienone is 4. The van der Waals surface area contributed by atoms with Gasteiger partial charge in [0.25, 0.3) is 0 Å². The summed E-state index contributed by atoms with van der Waals surface area (Å²) in [6.45, 7) is 7.29. The molecule has 0 amide bonds. The Bertz CT molecular complexity index is 1790. The van der Waals surface area contributed by atoms with Crippen LogP contribution in [0.25, 0.3) is 39.2 Å². The highest BCUT2D eigenvalue weighted by Gasteiger charge is 2.42. The first-order valence-electron chi connectivity index (χ1n) is 12.9. The van der Waals surface area contributed by atoms with Crippen molar-refractivity contribution in [1.82, 2.24) is 9.97 Å². The zero-order valence-corrected chi connectivity index (χ0v) is 22.1. The SMILES string of the molecule is CC1=CC=C(c2ccc(-c3nc4cc(C(c5cc(C)c6oc(C)nc6c5)C(F)(F)F)cc(C)c4o3)cc2)CC1. The van der Waals surface area contributed by atoms with Gasteiger partial charge in [-0.25, -0.2) is 9.97 Å². The lowest BCUT2D eigenvalue weighted by Crippen LogP contribution is -2.22. The Morgan fingerprint density at radius 1 is 0.718 bits per heavy atom. The molecule has 0 spiro atoms. The molecule has 1 aliphatic carbocycles. The number of alkyl halides is 3. The summed E-state index contributed by atoms with van der Waals surface area (Å²) in [5.41, 5.74) is 7.76. The predicted molar refractivity (Wildman–Crippen MR) is 147 cm³/mol. The van der Waals surface area contributed by atoms with Gasteiger partial charge in [-0.1, -0.05) is 42.0 Å². The Morgan fingerprint density at radius 3 is 1.90 bits per heavy atom. The maximum atomic E-state index is 14.5. The minimum atomic E-state index is -4.52. The molecule has 0 N–H and O–H groups in total. The summed E-state index contributed by atoms with van der Waals surface area (Å²) in [5, 5.41) is 0. The maximum Gasteiger partial charge on any atom is 0.399 e. The second-order valence-electron chi connectivity index (χ2n) is 10.4. The molecule has 6 rings (SSSR count). The molecule has 0 bridgehead atoms. The topological polar surface area (TPSA) is 52.1 Å². The molecule has 0 saturated carbocycles. The Hall–Kier alpha value is -4.13. The van der Waals surface area contributed by atoms with Crippen molar-refractivity contribution < 1.29 is 22.0 Å². The van der Waals surface area contributed by atoms with Gasteiger partial charge in [-0.2, -0.15) is 13.2 Å². The fraction of sp³-hybridized carbons (Fsp3) is 0.250. The first kappa shape index (κ1) is 25.2. The third-order valence-electron chi connectivity index (χ3n) is 7.36. The summed E-state index contributed by atoms with van der Waals surface area (Å²) in [6.07, 6.45) is 1.82. The minimum Gasteiger partial charge on any atom is -0.441 e. The summed E-state index contributed by atoms with van der Waals surface area (Å²) in [6, 6.07) is 14.0. The Kier molecular flexibility index (Phi) is 5.97. The van der Waals surface area contributed by atoms with E-state index in [1.807, 2.05) is 24.3 Å². The Balaban J connectivity index is 1.39. The smallest absolute Gasteiger partial charge is 0.399 e. The van der Waals surface area contributed by atoms with E-state index in [0.717, 1.165) is 24.0 Å². The molecule has 1 atom stereocenters. The summed E-state index contributed by atoms with van der Waals surface area (Å²) in [7, 11) is 0. The molecule has 2 aromatic heterocycles. The highest BCUT2D eigenvalue weighted by molar-refractivity contribution is 5.82. The number of hydrogen-bond acceptors (Lipinski definition) is 4.